The molecule has 26 heavy (non-hydrogen) atoms. The summed E-state index contributed by atoms with van der Waals surface area (Å²) in [5, 5.41) is 10.2. The zero-order valence-corrected chi connectivity index (χ0v) is 14.4. The molecule has 0 saturated heterocycles. The van der Waals surface area contributed by atoms with Crippen molar-refractivity contribution >= 4 is 5.96 Å². The van der Waals surface area contributed by atoms with E-state index in [0.29, 0.717) is 19.0 Å². The summed E-state index contributed by atoms with van der Waals surface area (Å²) in [6.07, 6.45) is -0.139. The van der Waals surface area contributed by atoms with Crippen LogP contribution in [0.4, 0.5) is 13.2 Å². The first-order valence-corrected chi connectivity index (χ1v) is 8.44. The van der Waals surface area contributed by atoms with Crippen molar-refractivity contribution in [3.05, 3.63) is 53.4 Å². The minimum absolute atomic E-state index is 0.299. The molecule has 1 saturated carbocycles. The zero-order valence-electron chi connectivity index (χ0n) is 14.4. The van der Waals surface area contributed by atoms with Crippen molar-refractivity contribution in [2.45, 2.75) is 37.4 Å². The van der Waals surface area contributed by atoms with Crippen molar-refractivity contribution in [3.8, 4) is 0 Å². The molecule has 3 rings (SSSR count). The van der Waals surface area contributed by atoms with Gasteiger partial charge >= 0.3 is 6.18 Å². The monoisotopic (exact) mass is 366 g/mol. The fourth-order valence-corrected chi connectivity index (χ4v) is 3.17. The molecule has 2 N–H and O–H groups in total. The Labute approximate surface area is 149 Å². The van der Waals surface area contributed by atoms with Crippen molar-refractivity contribution in [3.63, 3.8) is 0 Å². The molecule has 1 heterocycles. The third kappa shape index (κ3) is 4.00. The Bertz CT molecular complexity index is 752. The average Bonchev–Trinajstić information content (AvgIpc) is 3.09. The van der Waals surface area contributed by atoms with Crippen LogP contribution in [0.5, 0.6) is 0 Å². The van der Waals surface area contributed by atoms with E-state index < -0.39 is 11.7 Å². The molecule has 5 nitrogen and oxygen atoms in total. The van der Waals surface area contributed by atoms with Gasteiger partial charge in [0.05, 0.1) is 12.1 Å². The Morgan fingerprint density at radius 3 is 2.65 bits per heavy atom. The van der Waals surface area contributed by atoms with Crippen molar-refractivity contribution in [1.82, 2.24) is 15.8 Å². The lowest BCUT2D eigenvalue weighted by Gasteiger charge is -2.43. The second kappa shape index (κ2) is 7.39. The first kappa shape index (κ1) is 18.3. The van der Waals surface area contributed by atoms with Gasteiger partial charge in [0.2, 0.25) is 0 Å². The molecule has 1 fully saturated rings. The summed E-state index contributed by atoms with van der Waals surface area (Å²) in [7, 11) is 1.65. The van der Waals surface area contributed by atoms with E-state index in [9.17, 15) is 13.2 Å². The normalized spacial score (nSPS) is 16.8. The van der Waals surface area contributed by atoms with Crippen molar-refractivity contribution in [2.75, 3.05) is 13.6 Å². The summed E-state index contributed by atoms with van der Waals surface area (Å²) in [5.74, 6) is 0.575. The van der Waals surface area contributed by atoms with Crippen LogP contribution < -0.4 is 10.6 Å². The van der Waals surface area contributed by atoms with Crippen LogP contribution in [0.25, 0.3) is 0 Å². The summed E-state index contributed by atoms with van der Waals surface area (Å²) < 4.78 is 43.8. The predicted molar refractivity (Wildman–Crippen MR) is 91.7 cm³/mol. The van der Waals surface area contributed by atoms with Crippen LogP contribution in [0.2, 0.25) is 0 Å². The van der Waals surface area contributed by atoms with Gasteiger partial charge in [-0.25, -0.2) is 0 Å². The molecule has 1 aliphatic carbocycles. The molecule has 1 aliphatic rings. The summed E-state index contributed by atoms with van der Waals surface area (Å²) in [4.78, 5) is 4.16. The van der Waals surface area contributed by atoms with Gasteiger partial charge in [0.15, 0.2) is 5.96 Å². The number of hydrogen-bond acceptors (Lipinski definition) is 3. The molecule has 1 aromatic carbocycles. The lowest BCUT2D eigenvalue weighted by Crippen LogP contribution is -2.48. The number of aliphatic imine (C=N–C) groups is 1. The second-order valence-corrected chi connectivity index (χ2v) is 6.48. The lowest BCUT2D eigenvalue weighted by atomic mass is 9.64. The smallest absolute Gasteiger partial charge is 0.364 e. The molecule has 1 aromatic heterocycles. The fraction of sp³-hybridized carbons (Fsp3) is 0.444. The third-order valence-corrected chi connectivity index (χ3v) is 4.86. The first-order chi connectivity index (χ1) is 12.4. The summed E-state index contributed by atoms with van der Waals surface area (Å²) in [6, 6.07) is 7.39. The van der Waals surface area contributed by atoms with E-state index in [1.54, 1.807) is 19.2 Å². The highest BCUT2D eigenvalue weighted by Crippen LogP contribution is 2.44. The Balaban J connectivity index is 1.66. The highest BCUT2D eigenvalue weighted by molar-refractivity contribution is 5.79. The molecule has 0 bridgehead atoms. The van der Waals surface area contributed by atoms with Crippen LogP contribution in [-0.4, -0.2) is 24.7 Å². The molecule has 0 spiro atoms. The fourth-order valence-electron chi connectivity index (χ4n) is 3.17. The molecule has 140 valence electrons. The Morgan fingerprint density at radius 2 is 2.08 bits per heavy atom. The molecule has 8 heteroatoms. The standard InChI is InChI=1S/C18H21F3N4O/c1-22-16(23-11-15-6-9-26-25-15)24-12-17(7-3-8-17)13-4-2-5-14(10-13)18(19,20)21/h2,4-6,9-10H,3,7-8,11-12H2,1H3,(H2,22,23,24). The molecule has 0 amide bonds. The zero-order chi connectivity index (χ0) is 18.6. The van der Waals surface area contributed by atoms with Crippen LogP contribution in [0.15, 0.2) is 46.1 Å². The first-order valence-electron chi connectivity index (χ1n) is 8.44. The van der Waals surface area contributed by atoms with Gasteiger partial charge in [-0.15, -0.1) is 0 Å². The highest BCUT2D eigenvalue weighted by atomic mass is 19.4. The summed E-state index contributed by atoms with van der Waals surface area (Å²) >= 11 is 0. The third-order valence-electron chi connectivity index (χ3n) is 4.86. The van der Waals surface area contributed by atoms with Gasteiger partial charge in [-0.3, -0.25) is 4.99 Å². The number of halogens is 3. The molecule has 0 aliphatic heterocycles. The maximum Gasteiger partial charge on any atom is 0.416 e. The summed E-state index contributed by atoms with van der Waals surface area (Å²) in [5.41, 5.74) is 0.560. The number of aromatic nitrogens is 1. The van der Waals surface area contributed by atoms with E-state index in [1.165, 1.54) is 18.4 Å². The quantitative estimate of drug-likeness (QED) is 0.628. The summed E-state index contributed by atoms with van der Waals surface area (Å²) in [6.45, 7) is 0.972. The van der Waals surface area contributed by atoms with Gasteiger partial charge in [0, 0.05) is 25.1 Å². The van der Waals surface area contributed by atoms with Gasteiger partial charge in [0.1, 0.15) is 12.0 Å². The van der Waals surface area contributed by atoms with Crippen LogP contribution in [0.1, 0.15) is 36.1 Å². The number of hydrogen-bond donors (Lipinski definition) is 2. The molecule has 2 aromatic rings. The van der Waals surface area contributed by atoms with E-state index in [1.807, 2.05) is 0 Å². The van der Waals surface area contributed by atoms with Crippen molar-refractivity contribution < 1.29 is 17.7 Å². The van der Waals surface area contributed by atoms with Crippen LogP contribution in [-0.2, 0) is 18.1 Å². The van der Waals surface area contributed by atoms with Crippen molar-refractivity contribution in [2.24, 2.45) is 4.99 Å². The topological polar surface area (TPSA) is 62.5 Å². The average molecular weight is 366 g/mol. The van der Waals surface area contributed by atoms with Gasteiger partial charge in [0.25, 0.3) is 0 Å². The minimum atomic E-state index is -4.33. The number of rotatable bonds is 5. The molecule has 0 unspecified atom stereocenters. The number of benzene rings is 1. The Morgan fingerprint density at radius 1 is 1.27 bits per heavy atom. The molecular weight excluding hydrogens is 345 g/mol. The van der Waals surface area contributed by atoms with Gasteiger partial charge in [-0.05, 0) is 24.5 Å². The van der Waals surface area contributed by atoms with Crippen LogP contribution in [0.3, 0.4) is 0 Å². The lowest BCUT2D eigenvalue weighted by molar-refractivity contribution is -0.137. The van der Waals surface area contributed by atoms with E-state index in [4.69, 9.17) is 4.52 Å². The predicted octanol–water partition coefficient (Wildman–Crippen LogP) is 3.48. The van der Waals surface area contributed by atoms with Gasteiger partial charge in [-0.2, -0.15) is 13.2 Å². The second-order valence-electron chi connectivity index (χ2n) is 6.48. The van der Waals surface area contributed by atoms with Gasteiger partial charge < -0.3 is 15.2 Å². The maximum absolute atomic E-state index is 13.0. The van der Waals surface area contributed by atoms with Gasteiger partial charge in [-0.1, -0.05) is 29.8 Å². The van der Waals surface area contributed by atoms with Crippen molar-refractivity contribution in [1.29, 1.82) is 0 Å². The SMILES string of the molecule is CN=C(NCc1ccon1)NCC1(c2cccc(C(F)(F)F)c2)CCC1. The molecule has 0 radical (unpaired) electrons. The van der Waals surface area contributed by atoms with Crippen LogP contribution >= 0.6 is 0 Å². The maximum atomic E-state index is 13.0. The number of nitrogens with one attached hydrogen (secondary N) is 2. The number of guanidine groups is 1. The minimum Gasteiger partial charge on any atom is -0.364 e. The molecular formula is C18H21F3N4O. The van der Waals surface area contributed by atoms with Crippen LogP contribution in [0, 0.1) is 0 Å². The number of nitrogens with zero attached hydrogens (tertiary/aromatic N) is 2. The highest BCUT2D eigenvalue weighted by Gasteiger charge is 2.40. The number of alkyl halides is 3. The Hall–Kier alpha value is -2.51. The molecule has 0 atom stereocenters. The van der Waals surface area contributed by atoms with E-state index in [0.717, 1.165) is 36.6 Å². The van der Waals surface area contributed by atoms with E-state index in [2.05, 4.69) is 20.8 Å². The van der Waals surface area contributed by atoms with E-state index >= 15 is 0 Å². The van der Waals surface area contributed by atoms with E-state index in [-0.39, 0.29) is 5.41 Å². The largest absolute Gasteiger partial charge is 0.416 e. The Kier molecular flexibility index (Phi) is 5.20.